The number of carbonyl (C=O) groups is 2. The molecule has 7 heteroatoms. The molecule has 0 atom stereocenters. The summed E-state index contributed by atoms with van der Waals surface area (Å²) < 4.78 is 10.7. The van der Waals surface area contributed by atoms with Crippen LogP contribution < -0.4 is 4.90 Å². The Bertz CT molecular complexity index is 944. The molecule has 0 N–H and O–H groups in total. The van der Waals surface area contributed by atoms with Gasteiger partial charge in [-0.15, -0.1) is 11.3 Å². The van der Waals surface area contributed by atoms with Crippen molar-refractivity contribution >= 4 is 28.1 Å². The van der Waals surface area contributed by atoms with Crippen molar-refractivity contribution in [3.8, 4) is 11.1 Å². The van der Waals surface area contributed by atoms with Gasteiger partial charge in [-0.1, -0.05) is 13.8 Å². The van der Waals surface area contributed by atoms with Crippen molar-refractivity contribution in [1.29, 1.82) is 0 Å². The molecule has 2 aromatic rings. The number of Topliss-reactive ketones (excluding diaryl/α,β-unsaturated/α-hetero) is 1. The maximum absolute atomic E-state index is 12.9. The Morgan fingerprint density at radius 1 is 1.28 bits per heavy atom. The number of morpholine rings is 1. The summed E-state index contributed by atoms with van der Waals surface area (Å²) in [5.41, 5.74) is 3.32. The highest BCUT2D eigenvalue weighted by atomic mass is 32.1. The Morgan fingerprint density at radius 3 is 2.76 bits per heavy atom. The van der Waals surface area contributed by atoms with Crippen LogP contribution in [0.25, 0.3) is 11.1 Å². The maximum atomic E-state index is 12.9. The summed E-state index contributed by atoms with van der Waals surface area (Å²) in [5.74, 6) is -0.174. The molecule has 29 heavy (non-hydrogen) atoms. The smallest absolute Gasteiger partial charge is 0.339 e. The van der Waals surface area contributed by atoms with Crippen molar-refractivity contribution < 1.29 is 19.1 Å². The van der Waals surface area contributed by atoms with E-state index in [4.69, 9.17) is 9.47 Å². The normalized spacial score (nSPS) is 18.4. The van der Waals surface area contributed by atoms with Crippen molar-refractivity contribution in [2.45, 2.75) is 33.6 Å². The number of esters is 1. The first-order chi connectivity index (χ1) is 13.9. The average molecular weight is 415 g/mol. The van der Waals surface area contributed by atoms with Crippen LogP contribution in [0.1, 0.15) is 52.8 Å². The lowest BCUT2D eigenvalue weighted by atomic mass is 9.75. The molecule has 2 aliphatic rings. The molecule has 6 nitrogen and oxygen atoms in total. The number of fused-ring (bicyclic) bond motifs is 1. The number of aromatic nitrogens is 1. The molecule has 0 saturated carbocycles. The Labute approximate surface area is 174 Å². The van der Waals surface area contributed by atoms with Gasteiger partial charge >= 0.3 is 5.97 Å². The first-order valence-corrected chi connectivity index (χ1v) is 10.9. The minimum atomic E-state index is -0.379. The number of carbonyl (C=O) groups excluding carboxylic acids is 2. The van der Waals surface area contributed by atoms with Gasteiger partial charge in [-0.05, 0) is 30.4 Å². The van der Waals surface area contributed by atoms with E-state index in [0.29, 0.717) is 31.8 Å². The second-order valence-corrected chi connectivity index (χ2v) is 9.31. The highest BCUT2D eigenvalue weighted by Gasteiger charge is 2.37. The minimum absolute atomic E-state index is 0.0889. The summed E-state index contributed by atoms with van der Waals surface area (Å²) in [4.78, 5) is 32.6. The van der Waals surface area contributed by atoms with Crippen LogP contribution in [0.3, 0.4) is 0 Å². The highest BCUT2D eigenvalue weighted by molar-refractivity contribution is 7.19. The zero-order valence-electron chi connectivity index (χ0n) is 17.1. The number of thiophene rings is 1. The summed E-state index contributed by atoms with van der Waals surface area (Å²) in [6, 6.07) is 1.84. The number of ether oxygens (including phenoxy) is 2. The van der Waals surface area contributed by atoms with E-state index in [1.165, 1.54) is 6.20 Å². The van der Waals surface area contributed by atoms with Crippen molar-refractivity contribution in [2.24, 2.45) is 5.41 Å². The Morgan fingerprint density at radius 2 is 2.03 bits per heavy atom. The van der Waals surface area contributed by atoms with Crippen LogP contribution in [0.5, 0.6) is 0 Å². The molecule has 0 aromatic carbocycles. The van der Waals surface area contributed by atoms with Gasteiger partial charge in [0.2, 0.25) is 0 Å². The minimum Gasteiger partial charge on any atom is -0.462 e. The molecule has 1 fully saturated rings. The van der Waals surface area contributed by atoms with Gasteiger partial charge in [-0.25, -0.2) is 4.79 Å². The average Bonchev–Trinajstić information content (AvgIpc) is 3.07. The summed E-state index contributed by atoms with van der Waals surface area (Å²) in [6.07, 6.45) is 4.70. The number of ketones is 1. The van der Waals surface area contributed by atoms with Gasteiger partial charge in [0, 0.05) is 43.0 Å². The van der Waals surface area contributed by atoms with Crippen LogP contribution in [0.2, 0.25) is 0 Å². The molecule has 0 bridgehead atoms. The monoisotopic (exact) mass is 414 g/mol. The van der Waals surface area contributed by atoms with Gasteiger partial charge in [-0.3, -0.25) is 9.78 Å². The second kappa shape index (κ2) is 7.88. The van der Waals surface area contributed by atoms with Crippen LogP contribution in [0.4, 0.5) is 5.00 Å². The molecule has 4 rings (SSSR count). The standard InChI is InChI=1S/C22H26N2O4S/c1-4-28-21(26)15-9-14(12-23-13-15)18-16-10-22(2,3)11-17(25)19(16)29-20(18)24-5-7-27-8-6-24/h9,12-13H,4-8,10-11H2,1-3H3. The first kappa shape index (κ1) is 20.0. The van der Waals surface area contributed by atoms with Gasteiger partial charge in [0.25, 0.3) is 0 Å². The van der Waals surface area contributed by atoms with Crippen LogP contribution >= 0.6 is 11.3 Å². The summed E-state index contributed by atoms with van der Waals surface area (Å²) >= 11 is 1.57. The second-order valence-electron chi connectivity index (χ2n) is 8.31. The van der Waals surface area contributed by atoms with E-state index < -0.39 is 0 Å². The topological polar surface area (TPSA) is 68.7 Å². The van der Waals surface area contributed by atoms with Crippen LogP contribution in [-0.4, -0.2) is 49.6 Å². The largest absolute Gasteiger partial charge is 0.462 e. The van der Waals surface area contributed by atoms with Crippen LogP contribution in [-0.2, 0) is 15.9 Å². The summed E-state index contributed by atoms with van der Waals surface area (Å²) in [7, 11) is 0. The van der Waals surface area contributed by atoms with Crippen molar-refractivity contribution in [3.63, 3.8) is 0 Å². The lowest BCUT2D eigenvalue weighted by molar-refractivity contribution is 0.0525. The fourth-order valence-corrected chi connectivity index (χ4v) is 5.42. The third kappa shape index (κ3) is 3.94. The van der Waals surface area contributed by atoms with Gasteiger partial charge in [0.1, 0.15) is 5.00 Å². The van der Waals surface area contributed by atoms with Gasteiger partial charge < -0.3 is 14.4 Å². The van der Waals surface area contributed by atoms with Crippen LogP contribution in [0, 0.1) is 5.41 Å². The predicted octanol–water partition coefficient (Wildman–Crippen LogP) is 3.98. The Hall–Kier alpha value is -2.25. The molecule has 3 heterocycles. The Kier molecular flexibility index (Phi) is 5.44. The molecule has 154 valence electrons. The molecule has 0 radical (unpaired) electrons. The highest BCUT2D eigenvalue weighted by Crippen LogP contribution is 2.49. The quantitative estimate of drug-likeness (QED) is 0.705. The van der Waals surface area contributed by atoms with E-state index in [0.717, 1.165) is 46.1 Å². The lowest BCUT2D eigenvalue weighted by Gasteiger charge is -2.30. The van der Waals surface area contributed by atoms with E-state index in [1.807, 2.05) is 6.07 Å². The molecule has 1 aliphatic heterocycles. The zero-order chi connectivity index (χ0) is 20.6. The van der Waals surface area contributed by atoms with E-state index in [2.05, 4.69) is 23.7 Å². The third-order valence-electron chi connectivity index (χ3n) is 5.37. The SMILES string of the molecule is CCOC(=O)c1cncc(-c2c(N3CCOCC3)sc3c2CC(C)(C)CC3=O)c1. The summed E-state index contributed by atoms with van der Waals surface area (Å²) in [6.45, 7) is 9.29. The van der Waals surface area contributed by atoms with Gasteiger partial charge in [0.15, 0.2) is 5.78 Å². The number of hydrogen-bond acceptors (Lipinski definition) is 7. The fourth-order valence-electron chi connectivity index (χ4n) is 4.09. The molecule has 0 amide bonds. The Balaban J connectivity index is 1.86. The molecule has 2 aromatic heterocycles. The molecule has 0 spiro atoms. The van der Waals surface area contributed by atoms with Crippen molar-refractivity contribution in [1.82, 2.24) is 4.98 Å². The number of nitrogens with zero attached hydrogens (tertiary/aromatic N) is 2. The van der Waals surface area contributed by atoms with Gasteiger partial charge in [-0.2, -0.15) is 0 Å². The third-order valence-corrected chi connectivity index (χ3v) is 6.71. The molecular weight excluding hydrogens is 388 g/mol. The van der Waals surface area contributed by atoms with E-state index >= 15 is 0 Å². The molecular formula is C22H26N2O4S. The summed E-state index contributed by atoms with van der Waals surface area (Å²) in [5, 5.41) is 1.08. The molecule has 1 aliphatic carbocycles. The fraction of sp³-hybridized carbons (Fsp3) is 0.500. The van der Waals surface area contributed by atoms with Crippen molar-refractivity contribution in [2.75, 3.05) is 37.8 Å². The lowest BCUT2D eigenvalue weighted by Crippen LogP contribution is -2.36. The number of pyridine rings is 1. The molecule has 1 saturated heterocycles. The van der Waals surface area contributed by atoms with Crippen molar-refractivity contribution in [3.05, 3.63) is 34.5 Å². The maximum Gasteiger partial charge on any atom is 0.339 e. The van der Waals surface area contributed by atoms with E-state index in [1.54, 1.807) is 24.5 Å². The number of hydrogen-bond donors (Lipinski definition) is 0. The van der Waals surface area contributed by atoms with E-state index in [9.17, 15) is 9.59 Å². The van der Waals surface area contributed by atoms with E-state index in [-0.39, 0.29) is 17.2 Å². The first-order valence-electron chi connectivity index (χ1n) is 10.0. The predicted molar refractivity (Wildman–Crippen MR) is 113 cm³/mol. The molecule has 0 unspecified atom stereocenters. The van der Waals surface area contributed by atoms with Crippen LogP contribution in [0.15, 0.2) is 18.5 Å². The number of anilines is 1. The van der Waals surface area contributed by atoms with Gasteiger partial charge in [0.05, 0.1) is 30.3 Å². The number of rotatable bonds is 4. The zero-order valence-corrected chi connectivity index (χ0v) is 17.9.